The Kier molecular flexibility index (Phi) is 2.52. The maximum absolute atomic E-state index is 12.0. The van der Waals surface area contributed by atoms with Crippen molar-refractivity contribution in [3.8, 4) is 0 Å². The number of hydrogen-bond donors (Lipinski definition) is 2. The predicted octanol–water partition coefficient (Wildman–Crippen LogP) is 2.96. The molecule has 0 heterocycles. The van der Waals surface area contributed by atoms with Crippen molar-refractivity contribution in [1.82, 2.24) is 0 Å². The van der Waals surface area contributed by atoms with Gasteiger partial charge in [0.1, 0.15) is 0 Å². The molecule has 0 unspecified atom stereocenters. The molecule has 0 radical (unpaired) electrons. The molecule has 0 aliphatic carbocycles. The van der Waals surface area contributed by atoms with Gasteiger partial charge in [0.15, 0.2) is 0 Å². The minimum absolute atomic E-state index is 0.534. The zero-order valence-corrected chi connectivity index (χ0v) is 6.78. The Hall–Kier alpha value is -0.840. The number of hydrogen-bond acceptors (Lipinski definition) is 2. The van der Waals surface area contributed by atoms with Crippen molar-refractivity contribution in [2.75, 3.05) is 4.72 Å². The van der Waals surface area contributed by atoms with Crippen molar-refractivity contribution in [1.29, 1.82) is 0 Å². The first-order valence-electron chi connectivity index (χ1n) is 3.11. The number of nitrogens with one attached hydrogen (secondary N) is 1. The van der Waals surface area contributed by atoms with Crippen LogP contribution in [0.3, 0.4) is 0 Å². The van der Waals surface area contributed by atoms with E-state index in [2.05, 4.69) is 17.5 Å². The summed E-state index contributed by atoms with van der Waals surface area (Å²) in [5.41, 5.74) is -0.124. The average molecular weight is 193 g/mol. The molecule has 1 N–H and O–H groups in total. The first-order chi connectivity index (χ1) is 5.54. The highest BCUT2D eigenvalue weighted by Crippen LogP contribution is 2.29. The SMILES string of the molecule is FC(F)(F)c1ccc(NS)cc1. The first-order valence-corrected chi connectivity index (χ1v) is 3.56. The molecule has 5 heteroatoms. The fraction of sp³-hybridized carbons (Fsp3) is 0.143. The van der Waals surface area contributed by atoms with Gasteiger partial charge in [-0.15, -0.1) is 0 Å². The second-order valence-corrected chi connectivity index (χ2v) is 2.41. The molecule has 1 aromatic carbocycles. The fourth-order valence-electron chi connectivity index (χ4n) is 0.734. The molecule has 66 valence electrons. The van der Waals surface area contributed by atoms with E-state index in [1.807, 2.05) is 0 Å². The number of rotatable bonds is 1. The van der Waals surface area contributed by atoms with E-state index in [-0.39, 0.29) is 0 Å². The fourth-order valence-corrected chi connectivity index (χ4v) is 0.883. The normalized spacial score (nSPS) is 11.3. The molecule has 0 bridgehead atoms. The Morgan fingerprint density at radius 2 is 1.58 bits per heavy atom. The molecule has 0 aliphatic heterocycles. The Bertz CT molecular complexity index is 254. The molecule has 1 nitrogen and oxygen atoms in total. The quantitative estimate of drug-likeness (QED) is 0.653. The zero-order valence-electron chi connectivity index (χ0n) is 5.89. The van der Waals surface area contributed by atoms with Crippen molar-refractivity contribution < 1.29 is 13.2 Å². The summed E-state index contributed by atoms with van der Waals surface area (Å²) < 4.78 is 38.4. The highest BCUT2D eigenvalue weighted by atomic mass is 32.1. The molecule has 12 heavy (non-hydrogen) atoms. The van der Waals surface area contributed by atoms with Crippen LogP contribution >= 0.6 is 12.8 Å². The van der Waals surface area contributed by atoms with Gasteiger partial charge in [-0.2, -0.15) is 13.2 Å². The van der Waals surface area contributed by atoms with Crippen molar-refractivity contribution in [2.24, 2.45) is 0 Å². The number of thiol groups is 1. The van der Waals surface area contributed by atoms with Gasteiger partial charge in [0, 0.05) is 5.69 Å². The molecule has 0 saturated carbocycles. The van der Waals surface area contributed by atoms with E-state index >= 15 is 0 Å². The Morgan fingerprint density at radius 3 is 1.92 bits per heavy atom. The molecule has 0 saturated heterocycles. The van der Waals surface area contributed by atoms with Crippen LogP contribution in [0.4, 0.5) is 18.9 Å². The third-order valence-electron chi connectivity index (χ3n) is 1.34. The number of halogens is 3. The molecule has 1 rings (SSSR count). The predicted molar refractivity (Wildman–Crippen MR) is 44.1 cm³/mol. The van der Waals surface area contributed by atoms with Gasteiger partial charge < -0.3 is 4.72 Å². The Labute approximate surface area is 73.1 Å². The van der Waals surface area contributed by atoms with E-state index in [1.165, 1.54) is 12.1 Å². The van der Waals surface area contributed by atoms with E-state index < -0.39 is 11.7 Å². The largest absolute Gasteiger partial charge is 0.416 e. The summed E-state index contributed by atoms with van der Waals surface area (Å²) in [6, 6.07) is 4.63. The van der Waals surface area contributed by atoms with Crippen LogP contribution in [0.15, 0.2) is 24.3 Å². The first kappa shape index (κ1) is 9.25. The summed E-state index contributed by atoms with van der Waals surface area (Å²) in [6.07, 6.45) is -4.27. The maximum Gasteiger partial charge on any atom is 0.416 e. The molecule has 0 amide bonds. The van der Waals surface area contributed by atoms with Crippen LogP contribution in [0.2, 0.25) is 0 Å². The van der Waals surface area contributed by atoms with Gasteiger partial charge in [-0.05, 0) is 24.3 Å². The van der Waals surface area contributed by atoms with Crippen molar-refractivity contribution >= 4 is 18.5 Å². The van der Waals surface area contributed by atoms with Gasteiger partial charge >= 0.3 is 6.18 Å². The third kappa shape index (κ3) is 2.07. The summed E-state index contributed by atoms with van der Waals surface area (Å²) in [5, 5.41) is 0. The molecular formula is C7H6F3NS. The Balaban J connectivity index is 2.93. The van der Waals surface area contributed by atoms with Crippen LogP contribution in [0, 0.1) is 0 Å². The van der Waals surface area contributed by atoms with Crippen LogP contribution in [0.5, 0.6) is 0 Å². The number of benzene rings is 1. The lowest BCUT2D eigenvalue weighted by atomic mass is 10.2. The lowest BCUT2D eigenvalue weighted by molar-refractivity contribution is -0.137. The van der Waals surface area contributed by atoms with Crippen LogP contribution in [-0.4, -0.2) is 0 Å². The Morgan fingerprint density at radius 1 is 1.08 bits per heavy atom. The van der Waals surface area contributed by atoms with E-state index in [9.17, 15) is 13.2 Å². The molecule has 0 atom stereocenters. The molecular weight excluding hydrogens is 187 g/mol. The topological polar surface area (TPSA) is 12.0 Å². The molecule has 0 fully saturated rings. The van der Waals surface area contributed by atoms with E-state index in [0.717, 1.165) is 12.1 Å². The van der Waals surface area contributed by atoms with Gasteiger partial charge in [-0.3, -0.25) is 0 Å². The van der Waals surface area contributed by atoms with Crippen molar-refractivity contribution in [3.05, 3.63) is 29.8 Å². The van der Waals surface area contributed by atoms with Gasteiger partial charge in [-0.25, -0.2) is 0 Å². The van der Waals surface area contributed by atoms with Gasteiger partial charge in [0.25, 0.3) is 0 Å². The zero-order chi connectivity index (χ0) is 9.19. The van der Waals surface area contributed by atoms with Crippen LogP contribution in [-0.2, 0) is 6.18 Å². The second kappa shape index (κ2) is 3.26. The lowest BCUT2D eigenvalue weighted by Gasteiger charge is -2.06. The highest BCUT2D eigenvalue weighted by Gasteiger charge is 2.29. The van der Waals surface area contributed by atoms with Crippen LogP contribution in [0.1, 0.15) is 5.56 Å². The standard InChI is InChI=1S/C7H6F3NS/c8-7(9,10)5-1-3-6(11-12)4-2-5/h1-4,11-12H. The maximum atomic E-state index is 12.0. The van der Waals surface area contributed by atoms with Crippen LogP contribution < -0.4 is 4.72 Å². The molecule has 0 aliphatic rings. The monoisotopic (exact) mass is 193 g/mol. The summed E-state index contributed by atoms with van der Waals surface area (Å²) >= 11 is 3.69. The lowest BCUT2D eigenvalue weighted by Crippen LogP contribution is -2.03. The van der Waals surface area contributed by atoms with E-state index in [1.54, 1.807) is 0 Å². The minimum atomic E-state index is -4.27. The number of alkyl halides is 3. The summed E-state index contributed by atoms with van der Waals surface area (Å²) in [4.78, 5) is 0. The summed E-state index contributed by atoms with van der Waals surface area (Å²) in [7, 11) is 0. The smallest absolute Gasteiger partial charge is 0.332 e. The van der Waals surface area contributed by atoms with Gasteiger partial charge in [0.2, 0.25) is 0 Å². The van der Waals surface area contributed by atoms with Gasteiger partial charge in [-0.1, -0.05) is 12.8 Å². The molecule has 0 aromatic heterocycles. The van der Waals surface area contributed by atoms with Gasteiger partial charge in [0.05, 0.1) is 5.56 Å². The van der Waals surface area contributed by atoms with E-state index in [4.69, 9.17) is 0 Å². The van der Waals surface area contributed by atoms with Crippen molar-refractivity contribution in [3.63, 3.8) is 0 Å². The molecule has 0 spiro atoms. The van der Waals surface area contributed by atoms with Crippen molar-refractivity contribution in [2.45, 2.75) is 6.18 Å². The minimum Gasteiger partial charge on any atom is -0.332 e. The second-order valence-electron chi connectivity index (χ2n) is 2.19. The van der Waals surface area contributed by atoms with Crippen LogP contribution in [0.25, 0.3) is 0 Å². The molecule has 1 aromatic rings. The summed E-state index contributed by atoms with van der Waals surface area (Å²) in [5.74, 6) is 0. The van der Waals surface area contributed by atoms with E-state index in [0.29, 0.717) is 5.69 Å². The third-order valence-corrected chi connectivity index (χ3v) is 1.60. The summed E-state index contributed by atoms with van der Waals surface area (Å²) in [6.45, 7) is 0. The average Bonchev–Trinajstić information content (AvgIpc) is 2.03. The number of anilines is 1. The highest BCUT2D eigenvalue weighted by molar-refractivity contribution is 7.81.